The van der Waals surface area contributed by atoms with Crippen molar-refractivity contribution in [3.05, 3.63) is 35.9 Å². The second kappa shape index (κ2) is 10.9. The van der Waals surface area contributed by atoms with Gasteiger partial charge in [-0.05, 0) is 26.7 Å². The van der Waals surface area contributed by atoms with Crippen LogP contribution in [0, 0.1) is 0 Å². The van der Waals surface area contributed by atoms with Crippen LogP contribution >= 0.6 is 0 Å². The van der Waals surface area contributed by atoms with Gasteiger partial charge in [-0.15, -0.1) is 0 Å². The largest absolute Gasteiger partial charge is 0.320 e. The molecule has 0 bridgehead atoms. The van der Waals surface area contributed by atoms with Crippen LogP contribution in [-0.4, -0.2) is 25.1 Å². The first kappa shape index (κ1) is 21.2. The van der Waals surface area contributed by atoms with Crippen molar-refractivity contribution in [1.29, 1.82) is 0 Å². The first-order valence-corrected chi connectivity index (χ1v) is 10.3. The molecule has 0 unspecified atom stereocenters. The molecule has 0 spiro atoms. The first-order valence-electron chi connectivity index (χ1n) is 10.3. The molecule has 0 amide bonds. The SMILES string of the molecule is CCCCCCCCCCCC[N+](C)(C)C(C)(C)c1ccccc1. The molecular weight excluding hydrogens is 290 g/mol. The highest BCUT2D eigenvalue weighted by molar-refractivity contribution is 5.20. The van der Waals surface area contributed by atoms with Crippen molar-refractivity contribution in [2.45, 2.75) is 90.5 Å². The van der Waals surface area contributed by atoms with E-state index in [4.69, 9.17) is 0 Å². The second-order valence-electron chi connectivity index (χ2n) is 8.52. The number of hydrogen-bond acceptors (Lipinski definition) is 0. The van der Waals surface area contributed by atoms with Gasteiger partial charge in [0.2, 0.25) is 0 Å². The van der Waals surface area contributed by atoms with E-state index in [0.29, 0.717) is 0 Å². The molecule has 1 nitrogen and oxygen atoms in total. The molecule has 0 atom stereocenters. The third-order valence-corrected chi connectivity index (χ3v) is 6.06. The fourth-order valence-electron chi connectivity index (χ4n) is 3.47. The van der Waals surface area contributed by atoms with Crippen LogP contribution in [0.5, 0.6) is 0 Å². The Morgan fingerprint density at radius 2 is 1.17 bits per heavy atom. The molecule has 0 aliphatic carbocycles. The van der Waals surface area contributed by atoms with E-state index >= 15 is 0 Å². The molecule has 0 saturated heterocycles. The summed E-state index contributed by atoms with van der Waals surface area (Å²) in [6.45, 7) is 8.33. The predicted molar refractivity (Wildman–Crippen MR) is 108 cm³/mol. The zero-order valence-corrected chi connectivity index (χ0v) is 17.1. The molecule has 1 rings (SSSR count). The van der Waals surface area contributed by atoms with Crippen molar-refractivity contribution < 1.29 is 4.48 Å². The maximum Gasteiger partial charge on any atom is 0.119 e. The Hall–Kier alpha value is -0.820. The smallest absolute Gasteiger partial charge is 0.119 e. The molecule has 1 aromatic carbocycles. The third-order valence-electron chi connectivity index (χ3n) is 6.06. The summed E-state index contributed by atoms with van der Waals surface area (Å²) < 4.78 is 1.06. The van der Waals surface area contributed by atoms with Gasteiger partial charge in [-0.1, -0.05) is 88.6 Å². The van der Waals surface area contributed by atoms with Gasteiger partial charge in [0.25, 0.3) is 0 Å². The normalized spacial score (nSPS) is 12.5. The molecule has 0 aromatic heterocycles. The molecule has 0 aliphatic heterocycles. The third kappa shape index (κ3) is 6.97. The molecule has 1 aromatic rings. The van der Waals surface area contributed by atoms with E-state index in [2.05, 4.69) is 65.2 Å². The Morgan fingerprint density at radius 1 is 0.708 bits per heavy atom. The number of benzene rings is 1. The van der Waals surface area contributed by atoms with E-state index in [1.165, 1.54) is 76.3 Å². The summed E-state index contributed by atoms with van der Waals surface area (Å²) in [5.41, 5.74) is 1.61. The van der Waals surface area contributed by atoms with Crippen LogP contribution < -0.4 is 0 Å². The van der Waals surface area contributed by atoms with Crippen LogP contribution in [0.2, 0.25) is 0 Å². The van der Waals surface area contributed by atoms with Crippen LogP contribution in [-0.2, 0) is 5.54 Å². The molecule has 0 N–H and O–H groups in total. The maximum atomic E-state index is 2.39. The Balaban J connectivity index is 2.21. The number of quaternary nitrogens is 1. The minimum Gasteiger partial charge on any atom is -0.320 e. The quantitative estimate of drug-likeness (QED) is 0.272. The van der Waals surface area contributed by atoms with Crippen LogP contribution in [0.25, 0.3) is 0 Å². The maximum absolute atomic E-state index is 2.39. The lowest BCUT2D eigenvalue weighted by molar-refractivity contribution is -0.945. The van der Waals surface area contributed by atoms with Crippen molar-refractivity contribution in [2.75, 3.05) is 20.6 Å². The van der Waals surface area contributed by atoms with Crippen LogP contribution in [0.1, 0.15) is 90.5 Å². The van der Waals surface area contributed by atoms with Gasteiger partial charge in [-0.2, -0.15) is 0 Å². The number of nitrogens with zero attached hydrogens (tertiary/aromatic N) is 1. The van der Waals surface area contributed by atoms with Gasteiger partial charge in [0.15, 0.2) is 0 Å². The van der Waals surface area contributed by atoms with Crippen LogP contribution in [0.3, 0.4) is 0 Å². The summed E-state index contributed by atoms with van der Waals surface area (Å²) in [6.07, 6.45) is 14.1. The molecule has 1 heteroatoms. The Kier molecular flexibility index (Phi) is 9.66. The monoisotopic (exact) mass is 332 g/mol. The molecular formula is C23H42N+. The highest BCUT2D eigenvalue weighted by Crippen LogP contribution is 2.32. The average molecular weight is 333 g/mol. The van der Waals surface area contributed by atoms with E-state index in [9.17, 15) is 0 Å². The number of hydrogen-bond donors (Lipinski definition) is 0. The van der Waals surface area contributed by atoms with E-state index in [0.717, 1.165) is 4.48 Å². The molecule has 24 heavy (non-hydrogen) atoms. The van der Waals surface area contributed by atoms with Gasteiger partial charge < -0.3 is 4.48 Å². The molecule has 0 radical (unpaired) electrons. The summed E-state index contributed by atoms with van der Waals surface area (Å²) in [5, 5.41) is 0. The van der Waals surface area contributed by atoms with Gasteiger partial charge >= 0.3 is 0 Å². The van der Waals surface area contributed by atoms with E-state index < -0.39 is 0 Å². The lowest BCUT2D eigenvalue weighted by atomic mass is 9.90. The Labute approximate surface area is 152 Å². The lowest BCUT2D eigenvalue weighted by Gasteiger charge is -2.45. The predicted octanol–water partition coefficient (Wildman–Crippen LogP) is 6.92. The Morgan fingerprint density at radius 3 is 1.67 bits per heavy atom. The Bertz CT molecular complexity index is 419. The summed E-state index contributed by atoms with van der Waals surface area (Å²) in [4.78, 5) is 0. The molecule has 138 valence electrons. The van der Waals surface area contributed by atoms with E-state index in [1.807, 2.05) is 0 Å². The van der Waals surface area contributed by atoms with Crippen molar-refractivity contribution in [2.24, 2.45) is 0 Å². The molecule has 0 fully saturated rings. The zero-order valence-electron chi connectivity index (χ0n) is 17.1. The summed E-state index contributed by atoms with van der Waals surface area (Å²) >= 11 is 0. The van der Waals surface area contributed by atoms with Crippen molar-refractivity contribution in [3.8, 4) is 0 Å². The van der Waals surface area contributed by atoms with Gasteiger partial charge in [0, 0.05) is 5.56 Å². The van der Waals surface area contributed by atoms with Gasteiger partial charge in [0.1, 0.15) is 5.54 Å². The second-order valence-corrected chi connectivity index (χ2v) is 8.52. The lowest BCUT2D eigenvalue weighted by Crippen LogP contribution is -2.54. The van der Waals surface area contributed by atoms with Gasteiger partial charge in [0.05, 0.1) is 20.6 Å². The van der Waals surface area contributed by atoms with Crippen LogP contribution in [0.15, 0.2) is 30.3 Å². The molecule has 0 aliphatic rings. The van der Waals surface area contributed by atoms with Gasteiger partial charge in [-0.25, -0.2) is 0 Å². The fourth-order valence-corrected chi connectivity index (χ4v) is 3.47. The highest BCUT2D eigenvalue weighted by atomic mass is 15.4. The number of unbranched alkanes of at least 4 members (excludes halogenated alkanes) is 9. The van der Waals surface area contributed by atoms with E-state index in [-0.39, 0.29) is 5.54 Å². The minimum absolute atomic E-state index is 0.167. The summed E-state index contributed by atoms with van der Waals surface area (Å²) in [5.74, 6) is 0. The molecule has 0 saturated carbocycles. The first-order chi connectivity index (χ1) is 11.4. The summed E-state index contributed by atoms with van der Waals surface area (Å²) in [7, 11) is 4.78. The highest BCUT2D eigenvalue weighted by Gasteiger charge is 2.37. The van der Waals surface area contributed by atoms with Crippen molar-refractivity contribution in [3.63, 3.8) is 0 Å². The standard InChI is InChI=1S/C23H42N/c1-6-7-8-9-10-11-12-13-14-18-21-24(4,5)23(2,3)22-19-16-15-17-20-22/h15-17,19-20H,6-14,18,21H2,1-5H3/q+1. The average Bonchev–Trinajstić information content (AvgIpc) is 2.57. The summed E-state index contributed by atoms with van der Waals surface area (Å²) in [6, 6.07) is 11.0. The topological polar surface area (TPSA) is 0 Å². The zero-order chi connectivity index (χ0) is 17.9. The van der Waals surface area contributed by atoms with Crippen molar-refractivity contribution >= 4 is 0 Å². The van der Waals surface area contributed by atoms with Gasteiger partial charge in [-0.3, -0.25) is 0 Å². The fraction of sp³-hybridized carbons (Fsp3) is 0.739. The molecule has 0 heterocycles. The number of rotatable bonds is 13. The minimum atomic E-state index is 0.167. The van der Waals surface area contributed by atoms with E-state index in [1.54, 1.807) is 0 Å². The van der Waals surface area contributed by atoms with Crippen LogP contribution in [0.4, 0.5) is 0 Å². The van der Waals surface area contributed by atoms with Crippen molar-refractivity contribution in [1.82, 2.24) is 0 Å².